The molecule has 0 amide bonds. The lowest BCUT2D eigenvalue weighted by atomic mass is 10.0. The highest BCUT2D eigenvalue weighted by molar-refractivity contribution is 5.42. The summed E-state index contributed by atoms with van der Waals surface area (Å²) in [6.07, 6.45) is 8.14. The molecule has 0 saturated carbocycles. The summed E-state index contributed by atoms with van der Waals surface area (Å²) >= 11 is 0. The van der Waals surface area contributed by atoms with Crippen molar-refractivity contribution in [3.63, 3.8) is 0 Å². The van der Waals surface area contributed by atoms with Crippen LogP contribution in [0.5, 0.6) is 0 Å². The molecule has 0 aliphatic carbocycles. The number of hydrogen-bond donors (Lipinski definition) is 1. The number of piperidine rings is 1. The number of hydrogen-bond acceptors (Lipinski definition) is 7. The van der Waals surface area contributed by atoms with Crippen LogP contribution in [-0.4, -0.2) is 70.1 Å². The zero-order valence-corrected chi connectivity index (χ0v) is 15.3. The molecule has 0 bridgehead atoms. The van der Waals surface area contributed by atoms with Crippen LogP contribution in [0.25, 0.3) is 0 Å². The molecular formula is C18H27N7O. The molecule has 4 heterocycles. The molecule has 2 saturated heterocycles. The van der Waals surface area contributed by atoms with Crippen molar-refractivity contribution in [2.75, 3.05) is 49.6 Å². The van der Waals surface area contributed by atoms with Gasteiger partial charge < -0.3 is 15.0 Å². The van der Waals surface area contributed by atoms with E-state index in [9.17, 15) is 0 Å². The van der Waals surface area contributed by atoms with Crippen molar-refractivity contribution in [3.8, 4) is 0 Å². The van der Waals surface area contributed by atoms with Crippen molar-refractivity contribution >= 4 is 11.8 Å². The first-order valence-electron chi connectivity index (χ1n) is 9.38. The van der Waals surface area contributed by atoms with E-state index in [4.69, 9.17) is 9.72 Å². The molecule has 2 aromatic rings. The number of anilines is 2. The summed E-state index contributed by atoms with van der Waals surface area (Å²) in [5, 5.41) is 7.85. The van der Waals surface area contributed by atoms with E-state index in [0.29, 0.717) is 6.04 Å². The Morgan fingerprint density at radius 2 is 2.00 bits per heavy atom. The van der Waals surface area contributed by atoms with Crippen molar-refractivity contribution < 1.29 is 4.74 Å². The first-order valence-corrected chi connectivity index (χ1v) is 9.38. The van der Waals surface area contributed by atoms with Gasteiger partial charge in [-0.2, -0.15) is 10.1 Å². The van der Waals surface area contributed by atoms with Gasteiger partial charge in [-0.25, -0.2) is 4.98 Å². The minimum Gasteiger partial charge on any atom is -0.378 e. The molecule has 140 valence electrons. The minimum absolute atomic E-state index is 0.465. The standard InChI is InChI=1S/C18H27N7O/c1-23-13-15(12-20-23)14-24-6-3-16(4-7-24)21-17-2-5-19-18(22-17)25-8-10-26-11-9-25/h2,5,12-13,16H,3-4,6-11,14H2,1H3,(H,19,21,22). The van der Waals surface area contributed by atoms with Gasteiger partial charge in [0.1, 0.15) is 5.82 Å². The Morgan fingerprint density at radius 3 is 2.73 bits per heavy atom. The number of morpholine rings is 1. The predicted octanol–water partition coefficient (Wildman–Crippen LogP) is 1.12. The van der Waals surface area contributed by atoms with Crippen molar-refractivity contribution in [1.29, 1.82) is 0 Å². The van der Waals surface area contributed by atoms with Crippen molar-refractivity contribution in [2.24, 2.45) is 7.05 Å². The predicted molar refractivity (Wildman–Crippen MR) is 100 cm³/mol. The largest absolute Gasteiger partial charge is 0.378 e. The SMILES string of the molecule is Cn1cc(CN2CCC(Nc3ccnc(N4CCOCC4)n3)CC2)cn1. The van der Waals surface area contributed by atoms with Gasteiger partial charge in [0.2, 0.25) is 5.95 Å². The van der Waals surface area contributed by atoms with Crippen molar-refractivity contribution in [3.05, 3.63) is 30.2 Å². The molecule has 0 unspecified atom stereocenters. The lowest BCUT2D eigenvalue weighted by molar-refractivity contribution is 0.122. The number of aryl methyl sites for hydroxylation is 1. The molecule has 2 aliphatic heterocycles. The Hall–Kier alpha value is -2.19. The quantitative estimate of drug-likeness (QED) is 0.860. The second-order valence-corrected chi connectivity index (χ2v) is 7.06. The van der Waals surface area contributed by atoms with E-state index in [2.05, 4.69) is 31.4 Å². The highest BCUT2D eigenvalue weighted by atomic mass is 16.5. The second kappa shape index (κ2) is 8.01. The number of nitrogens with zero attached hydrogens (tertiary/aromatic N) is 6. The van der Waals surface area contributed by atoms with E-state index in [1.54, 1.807) is 0 Å². The fourth-order valence-corrected chi connectivity index (χ4v) is 3.60. The molecule has 8 nitrogen and oxygen atoms in total. The summed E-state index contributed by atoms with van der Waals surface area (Å²) < 4.78 is 7.27. The van der Waals surface area contributed by atoms with Gasteiger partial charge in [0.25, 0.3) is 0 Å². The second-order valence-electron chi connectivity index (χ2n) is 7.06. The van der Waals surface area contributed by atoms with Gasteiger partial charge in [0.15, 0.2) is 0 Å². The maximum Gasteiger partial charge on any atom is 0.227 e. The van der Waals surface area contributed by atoms with Gasteiger partial charge >= 0.3 is 0 Å². The molecule has 0 aromatic carbocycles. The van der Waals surface area contributed by atoms with E-state index in [1.807, 2.05) is 30.2 Å². The fourth-order valence-electron chi connectivity index (χ4n) is 3.60. The van der Waals surface area contributed by atoms with Crippen LogP contribution >= 0.6 is 0 Å². The minimum atomic E-state index is 0.465. The lowest BCUT2D eigenvalue weighted by Crippen LogP contribution is -2.39. The highest BCUT2D eigenvalue weighted by Crippen LogP contribution is 2.18. The van der Waals surface area contributed by atoms with Crippen molar-refractivity contribution in [2.45, 2.75) is 25.4 Å². The third-order valence-electron chi connectivity index (χ3n) is 5.04. The molecule has 4 rings (SSSR count). The van der Waals surface area contributed by atoms with E-state index >= 15 is 0 Å². The van der Waals surface area contributed by atoms with Crippen molar-refractivity contribution in [1.82, 2.24) is 24.6 Å². The van der Waals surface area contributed by atoms with Crippen LogP contribution in [0.3, 0.4) is 0 Å². The maximum absolute atomic E-state index is 5.40. The van der Waals surface area contributed by atoms with Crippen LogP contribution in [-0.2, 0) is 18.3 Å². The van der Waals surface area contributed by atoms with Crippen LogP contribution in [0.15, 0.2) is 24.7 Å². The molecule has 2 aliphatic rings. The van der Waals surface area contributed by atoms with E-state index < -0.39 is 0 Å². The molecule has 26 heavy (non-hydrogen) atoms. The van der Waals surface area contributed by atoms with Gasteiger partial charge in [-0.3, -0.25) is 9.58 Å². The summed E-state index contributed by atoms with van der Waals surface area (Å²) in [7, 11) is 1.96. The third-order valence-corrected chi connectivity index (χ3v) is 5.04. The number of aromatic nitrogens is 4. The smallest absolute Gasteiger partial charge is 0.227 e. The third kappa shape index (κ3) is 4.31. The summed E-state index contributed by atoms with van der Waals surface area (Å²) in [5.41, 5.74) is 1.28. The summed E-state index contributed by atoms with van der Waals surface area (Å²) in [4.78, 5) is 13.8. The average molecular weight is 357 g/mol. The molecule has 0 atom stereocenters. The maximum atomic E-state index is 5.40. The molecule has 1 N–H and O–H groups in total. The monoisotopic (exact) mass is 357 g/mol. The average Bonchev–Trinajstić information content (AvgIpc) is 3.09. The molecule has 0 spiro atoms. The molecule has 2 aromatic heterocycles. The normalized spacial score (nSPS) is 19.7. The van der Waals surface area contributed by atoms with Gasteiger partial charge in [0, 0.05) is 63.8 Å². The fraction of sp³-hybridized carbons (Fsp3) is 0.611. The van der Waals surface area contributed by atoms with Gasteiger partial charge in [-0.15, -0.1) is 0 Å². The van der Waals surface area contributed by atoms with Gasteiger partial charge in [-0.1, -0.05) is 0 Å². The number of rotatable bonds is 5. The topological polar surface area (TPSA) is 71.3 Å². The van der Waals surface area contributed by atoms with E-state index in [1.165, 1.54) is 5.56 Å². The Kier molecular flexibility index (Phi) is 5.31. The summed E-state index contributed by atoms with van der Waals surface area (Å²) in [6, 6.07) is 2.43. The van der Waals surface area contributed by atoms with Crippen LogP contribution in [0.1, 0.15) is 18.4 Å². The van der Waals surface area contributed by atoms with Crippen LogP contribution in [0.4, 0.5) is 11.8 Å². The first-order chi connectivity index (χ1) is 12.8. The van der Waals surface area contributed by atoms with Gasteiger partial charge in [-0.05, 0) is 18.9 Å². The van der Waals surface area contributed by atoms with Crippen LogP contribution in [0.2, 0.25) is 0 Å². The number of nitrogens with one attached hydrogen (secondary N) is 1. The molecule has 2 fully saturated rings. The number of likely N-dealkylation sites (tertiary alicyclic amines) is 1. The molecule has 8 heteroatoms. The van der Waals surface area contributed by atoms with Crippen LogP contribution in [0, 0.1) is 0 Å². The van der Waals surface area contributed by atoms with Gasteiger partial charge in [0.05, 0.1) is 19.4 Å². The van der Waals surface area contributed by atoms with E-state index in [-0.39, 0.29) is 0 Å². The Morgan fingerprint density at radius 1 is 1.19 bits per heavy atom. The molecular weight excluding hydrogens is 330 g/mol. The Labute approximate surface area is 154 Å². The first kappa shape index (κ1) is 17.2. The summed E-state index contributed by atoms with van der Waals surface area (Å²) in [6.45, 7) is 6.37. The van der Waals surface area contributed by atoms with Crippen LogP contribution < -0.4 is 10.2 Å². The Balaban J connectivity index is 1.28. The van der Waals surface area contributed by atoms with E-state index in [0.717, 1.165) is 70.5 Å². The zero-order valence-electron chi connectivity index (χ0n) is 15.3. The number of ether oxygens (including phenoxy) is 1. The molecule has 0 radical (unpaired) electrons. The zero-order chi connectivity index (χ0) is 17.8. The summed E-state index contributed by atoms with van der Waals surface area (Å²) in [5.74, 6) is 1.72. The lowest BCUT2D eigenvalue weighted by Gasteiger charge is -2.32. The highest BCUT2D eigenvalue weighted by Gasteiger charge is 2.20. The Bertz CT molecular complexity index is 705.